The first kappa shape index (κ1) is 23.2. The molecule has 2 fully saturated rings. The molecule has 0 aliphatic carbocycles. The van der Waals surface area contributed by atoms with E-state index in [-0.39, 0.29) is 11.9 Å². The summed E-state index contributed by atoms with van der Waals surface area (Å²) in [7, 11) is 0. The van der Waals surface area contributed by atoms with Crippen LogP contribution in [0.4, 0.5) is 0 Å². The zero-order valence-corrected chi connectivity index (χ0v) is 19.5. The van der Waals surface area contributed by atoms with Crippen LogP contribution in [0.1, 0.15) is 43.4 Å². The topological polar surface area (TPSA) is 95.5 Å². The van der Waals surface area contributed by atoms with Gasteiger partial charge in [0.05, 0.1) is 34.8 Å². The minimum Gasteiger partial charge on any atom is -0.493 e. The maximum absolute atomic E-state index is 12.5. The highest BCUT2D eigenvalue weighted by atomic mass is 32.1. The quantitative estimate of drug-likeness (QED) is 0.432. The molecule has 1 amide bonds. The van der Waals surface area contributed by atoms with Crippen molar-refractivity contribution in [1.82, 2.24) is 20.9 Å². The van der Waals surface area contributed by atoms with Crippen LogP contribution in [0.5, 0.6) is 5.75 Å². The molecule has 4 rings (SSSR count). The largest absolute Gasteiger partial charge is 0.493 e. The van der Waals surface area contributed by atoms with Crippen LogP contribution >= 0.6 is 11.3 Å². The molecule has 1 aromatic carbocycles. The van der Waals surface area contributed by atoms with E-state index < -0.39 is 6.10 Å². The monoisotopic (exact) mass is 458 g/mol. The van der Waals surface area contributed by atoms with Crippen molar-refractivity contribution in [3.05, 3.63) is 35.0 Å². The highest BCUT2D eigenvalue weighted by molar-refractivity contribution is 7.13. The van der Waals surface area contributed by atoms with Gasteiger partial charge in [-0.3, -0.25) is 4.79 Å². The summed E-state index contributed by atoms with van der Waals surface area (Å²) in [5, 5.41) is 19.1. The molecule has 8 heteroatoms. The lowest BCUT2D eigenvalue weighted by Gasteiger charge is -2.22. The lowest BCUT2D eigenvalue weighted by Crippen LogP contribution is -2.40. The first-order valence-corrected chi connectivity index (χ1v) is 12.5. The van der Waals surface area contributed by atoms with Crippen LogP contribution < -0.4 is 20.7 Å². The van der Waals surface area contributed by atoms with Gasteiger partial charge in [-0.05, 0) is 69.7 Å². The molecule has 0 radical (unpaired) electrons. The molecule has 32 heavy (non-hydrogen) atoms. The fourth-order valence-corrected chi connectivity index (χ4v) is 5.30. The summed E-state index contributed by atoms with van der Waals surface area (Å²) in [5.41, 5.74) is 4.93. The van der Waals surface area contributed by atoms with Gasteiger partial charge in [0.25, 0.3) is 0 Å². The lowest BCUT2D eigenvalue weighted by atomic mass is 9.93. The molecule has 2 atom stereocenters. The number of piperidine rings is 1. The van der Waals surface area contributed by atoms with Crippen molar-refractivity contribution in [3.63, 3.8) is 0 Å². The highest BCUT2D eigenvalue weighted by Gasteiger charge is 2.27. The molecule has 3 heterocycles. The van der Waals surface area contributed by atoms with Crippen molar-refractivity contribution < 1.29 is 14.6 Å². The molecular formula is C24H34N4O3S. The number of thiazole rings is 1. The van der Waals surface area contributed by atoms with E-state index >= 15 is 0 Å². The molecule has 0 bridgehead atoms. The van der Waals surface area contributed by atoms with Crippen molar-refractivity contribution in [2.45, 2.75) is 57.7 Å². The first-order valence-electron chi connectivity index (χ1n) is 11.7. The zero-order valence-electron chi connectivity index (χ0n) is 18.7. The van der Waals surface area contributed by atoms with Crippen LogP contribution in [0.2, 0.25) is 0 Å². The number of aryl methyl sites for hydroxylation is 1. The third-order valence-electron chi connectivity index (χ3n) is 6.43. The lowest BCUT2D eigenvalue weighted by molar-refractivity contribution is -0.123. The number of ether oxygens (including phenoxy) is 1. The number of aliphatic hydroxyl groups is 1. The van der Waals surface area contributed by atoms with Gasteiger partial charge in [0, 0.05) is 18.7 Å². The number of hydrogen-bond donors (Lipinski definition) is 4. The normalized spacial score (nSPS) is 21.6. The molecule has 1 aromatic heterocycles. The second kappa shape index (κ2) is 11.2. The smallest absolute Gasteiger partial charge is 0.237 e. The number of nitrogens with one attached hydrogen (secondary N) is 3. The number of β-amino-alcohol motifs (C(OH)–C–C–N with tert-alkyl or cyclic N) is 1. The molecule has 0 saturated carbocycles. The fraction of sp³-hybridized carbons (Fsp3) is 0.583. The Morgan fingerprint density at radius 3 is 2.91 bits per heavy atom. The van der Waals surface area contributed by atoms with Crippen LogP contribution in [-0.2, 0) is 11.3 Å². The Balaban J connectivity index is 1.39. The van der Waals surface area contributed by atoms with Gasteiger partial charge in [-0.25, -0.2) is 4.98 Å². The molecule has 2 unspecified atom stereocenters. The Bertz CT molecular complexity index is 897. The third-order valence-corrected chi connectivity index (χ3v) is 7.40. The Labute approximate surface area is 194 Å². The fourth-order valence-electron chi connectivity index (χ4n) is 4.50. The highest BCUT2D eigenvalue weighted by Crippen LogP contribution is 2.32. The predicted octanol–water partition coefficient (Wildman–Crippen LogP) is 2.62. The SMILES string of the molecule is Cc1ncsc1-c1ccc(CNC(=O)C2CC(O)CN2)c(OCCCC2CCNCC2)c1. The standard InChI is InChI=1S/C24H34N4O3S/c1-16-23(32-15-28-16)18-4-5-19(13-27-24(30)21-12-20(29)14-26-21)22(11-18)31-10-2-3-17-6-8-25-9-7-17/h4-5,11,15,17,20-21,25-26,29H,2-3,6-10,12-14H2,1H3,(H,27,30). The number of aliphatic hydroxyl groups excluding tert-OH is 1. The number of amides is 1. The van der Waals surface area contributed by atoms with E-state index in [0.29, 0.717) is 26.1 Å². The van der Waals surface area contributed by atoms with Gasteiger partial charge in [-0.15, -0.1) is 11.3 Å². The summed E-state index contributed by atoms with van der Waals surface area (Å²) in [6.07, 6.45) is 4.73. The summed E-state index contributed by atoms with van der Waals surface area (Å²) in [6.45, 7) is 5.80. The van der Waals surface area contributed by atoms with Gasteiger partial charge in [-0.2, -0.15) is 0 Å². The van der Waals surface area contributed by atoms with E-state index in [1.54, 1.807) is 11.3 Å². The third kappa shape index (κ3) is 6.07. The molecule has 2 aliphatic heterocycles. The second-order valence-electron chi connectivity index (χ2n) is 8.84. The average Bonchev–Trinajstić information content (AvgIpc) is 3.44. The van der Waals surface area contributed by atoms with Crippen LogP contribution in [0.25, 0.3) is 10.4 Å². The molecule has 7 nitrogen and oxygen atoms in total. The zero-order chi connectivity index (χ0) is 22.3. The van der Waals surface area contributed by atoms with E-state index in [1.165, 1.54) is 19.3 Å². The van der Waals surface area contributed by atoms with Gasteiger partial charge < -0.3 is 25.8 Å². The molecule has 0 spiro atoms. The van der Waals surface area contributed by atoms with E-state index in [4.69, 9.17) is 4.74 Å². The van der Waals surface area contributed by atoms with Crippen LogP contribution in [0.3, 0.4) is 0 Å². The van der Waals surface area contributed by atoms with Crippen molar-refractivity contribution in [2.75, 3.05) is 26.2 Å². The number of aromatic nitrogens is 1. The number of carbonyl (C=O) groups is 1. The summed E-state index contributed by atoms with van der Waals surface area (Å²) < 4.78 is 6.24. The Morgan fingerprint density at radius 2 is 2.19 bits per heavy atom. The van der Waals surface area contributed by atoms with Crippen molar-refractivity contribution in [3.8, 4) is 16.2 Å². The van der Waals surface area contributed by atoms with Gasteiger partial charge in [0.15, 0.2) is 0 Å². The van der Waals surface area contributed by atoms with Crippen molar-refractivity contribution in [2.24, 2.45) is 5.92 Å². The predicted molar refractivity (Wildman–Crippen MR) is 127 cm³/mol. The number of rotatable bonds is 9. The van der Waals surface area contributed by atoms with Gasteiger partial charge in [0.1, 0.15) is 5.75 Å². The van der Waals surface area contributed by atoms with Crippen LogP contribution in [-0.4, -0.2) is 54.4 Å². The Morgan fingerprint density at radius 1 is 1.34 bits per heavy atom. The van der Waals surface area contributed by atoms with Crippen LogP contribution in [0.15, 0.2) is 23.7 Å². The Kier molecular flexibility index (Phi) is 8.13. The van der Waals surface area contributed by atoms with E-state index in [9.17, 15) is 9.90 Å². The molecule has 2 aromatic rings. The number of benzene rings is 1. The van der Waals surface area contributed by atoms with Gasteiger partial charge >= 0.3 is 0 Å². The minimum atomic E-state index is -0.452. The van der Waals surface area contributed by atoms with Crippen molar-refractivity contribution in [1.29, 1.82) is 0 Å². The number of carbonyl (C=O) groups excluding carboxylic acids is 1. The second-order valence-corrected chi connectivity index (χ2v) is 9.70. The maximum Gasteiger partial charge on any atom is 0.237 e. The Hall–Kier alpha value is -2.00. The molecule has 4 N–H and O–H groups in total. The van der Waals surface area contributed by atoms with E-state index in [0.717, 1.165) is 52.9 Å². The first-order chi connectivity index (χ1) is 15.6. The number of hydrogen-bond acceptors (Lipinski definition) is 7. The molecule has 2 saturated heterocycles. The summed E-state index contributed by atoms with van der Waals surface area (Å²) >= 11 is 1.63. The summed E-state index contributed by atoms with van der Waals surface area (Å²) in [6, 6.07) is 5.85. The summed E-state index contributed by atoms with van der Waals surface area (Å²) in [5.74, 6) is 1.53. The van der Waals surface area contributed by atoms with Crippen LogP contribution in [0, 0.1) is 12.8 Å². The number of nitrogens with zero attached hydrogens (tertiary/aromatic N) is 1. The van der Waals surface area contributed by atoms with E-state index in [2.05, 4.69) is 33.1 Å². The molecule has 174 valence electrons. The van der Waals surface area contributed by atoms with Gasteiger partial charge in [0.2, 0.25) is 5.91 Å². The maximum atomic E-state index is 12.5. The average molecular weight is 459 g/mol. The summed E-state index contributed by atoms with van der Waals surface area (Å²) in [4.78, 5) is 18.0. The molecule has 2 aliphatic rings. The van der Waals surface area contributed by atoms with Crippen molar-refractivity contribution >= 4 is 17.2 Å². The van der Waals surface area contributed by atoms with Gasteiger partial charge in [-0.1, -0.05) is 12.1 Å². The minimum absolute atomic E-state index is 0.0826. The molecular weight excluding hydrogens is 424 g/mol. The van der Waals surface area contributed by atoms with E-state index in [1.807, 2.05) is 18.5 Å².